The molecule has 4 heteroatoms. The third-order valence-corrected chi connectivity index (χ3v) is 4.41. The summed E-state index contributed by atoms with van der Waals surface area (Å²) in [7, 11) is 0. The molecule has 1 aliphatic heterocycles. The van der Waals surface area contributed by atoms with Gasteiger partial charge in [0, 0.05) is 36.2 Å². The molecular formula is C14H20ClNOS. The van der Waals surface area contributed by atoms with Gasteiger partial charge in [0.05, 0.1) is 6.10 Å². The van der Waals surface area contributed by atoms with Gasteiger partial charge in [-0.1, -0.05) is 29.8 Å². The topological polar surface area (TPSA) is 21.3 Å². The third-order valence-electron chi connectivity index (χ3n) is 3.03. The van der Waals surface area contributed by atoms with Gasteiger partial charge in [0.25, 0.3) is 0 Å². The van der Waals surface area contributed by atoms with Crippen molar-refractivity contribution in [3.05, 3.63) is 34.9 Å². The van der Waals surface area contributed by atoms with Crippen molar-refractivity contribution in [2.75, 3.05) is 25.4 Å². The van der Waals surface area contributed by atoms with E-state index in [0.29, 0.717) is 6.10 Å². The van der Waals surface area contributed by atoms with Gasteiger partial charge in [0.1, 0.15) is 0 Å². The summed E-state index contributed by atoms with van der Waals surface area (Å²) in [5.41, 5.74) is 1.23. The second-order valence-corrected chi connectivity index (χ2v) is 6.00. The Balaban J connectivity index is 1.52. The Morgan fingerprint density at radius 2 is 2.28 bits per heavy atom. The zero-order valence-electron chi connectivity index (χ0n) is 10.5. The lowest BCUT2D eigenvalue weighted by molar-refractivity contribution is 0.110. The van der Waals surface area contributed by atoms with E-state index >= 15 is 0 Å². The Bertz CT molecular complexity index is 355. The number of ether oxygens (including phenoxy) is 1. The molecule has 0 aromatic heterocycles. The van der Waals surface area contributed by atoms with Crippen LogP contribution in [0.15, 0.2) is 24.3 Å². The molecule has 0 radical (unpaired) electrons. The van der Waals surface area contributed by atoms with Crippen LogP contribution in [-0.2, 0) is 10.5 Å². The average molecular weight is 286 g/mol. The van der Waals surface area contributed by atoms with Gasteiger partial charge in [-0.15, -0.1) is 0 Å². The van der Waals surface area contributed by atoms with Gasteiger partial charge in [-0.05, 0) is 24.5 Å². The molecule has 0 saturated carbocycles. The minimum absolute atomic E-state index is 0.443. The van der Waals surface area contributed by atoms with Gasteiger partial charge in [-0.2, -0.15) is 11.8 Å². The molecule has 1 saturated heterocycles. The fraction of sp³-hybridized carbons (Fsp3) is 0.571. The molecule has 0 spiro atoms. The van der Waals surface area contributed by atoms with Crippen molar-refractivity contribution in [3.63, 3.8) is 0 Å². The highest BCUT2D eigenvalue weighted by Gasteiger charge is 2.14. The maximum Gasteiger partial charge on any atom is 0.0700 e. The van der Waals surface area contributed by atoms with Gasteiger partial charge >= 0.3 is 0 Å². The summed E-state index contributed by atoms with van der Waals surface area (Å²) in [6.45, 7) is 2.97. The van der Waals surface area contributed by atoms with Crippen LogP contribution in [-0.4, -0.2) is 31.6 Å². The van der Waals surface area contributed by atoms with E-state index in [-0.39, 0.29) is 0 Å². The molecule has 1 heterocycles. The average Bonchev–Trinajstić information content (AvgIpc) is 2.89. The predicted molar refractivity (Wildman–Crippen MR) is 79.5 cm³/mol. The predicted octanol–water partition coefficient (Wildman–Crippen LogP) is 3.34. The normalized spacial score (nSPS) is 19.3. The van der Waals surface area contributed by atoms with E-state index in [1.54, 1.807) is 0 Å². The molecule has 1 unspecified atom stereocenters. The maximum atomic E-state index is 6.10. The van der Waals surface area contributed by atoms with Crippen molar-refractivity contribution in [2.24, 2.45) is 0 Å². The molecule has 18 heavy (non-hydrogen) atoms. The maximum absolute atomic E-state index is 6.10. The van der Waals surface area contributed by atoms with Gasteiger partial charge < -0.3 is 10.1 Å². The van der Waals surface area contributed by atoms with Gasteiger partial charge in [-0.25, -0.2) is 0 Å². The van der Waals surface area contributed by atoms with Crippen molar-refractivity contribution < 1.29 is 4.74 Å². The van der Waals surface area contributed by atoms with E-state index in [1.807, 2.05) is 30.0 Å². The monoisotopic (exact) mass is 285 g/mol. The first-order valence-electron chi connectivity index (χ1n) is 6.50. The summed E-state index contributed by atoms with van der Waals surface area (Å²) in [6.07, 6.45) is 2.87. The Morgan fingerprint density at radius 1 is 1.39 bits per heavy atom. The molecule has 100 valence electrons. The summed E-state index contributed by atoms with van der Waals surface area (Å²) >= 11 is 8.02. The Morgan fingerprint density at radius 3 is 3.06 bits per heavy atom. The first-order valence-corrected chi connectivity index (χ1v) is 8.03. The number of hydrogen-bond donors (Lipinski definition) is 1. The summed E-state index contributed by atoms with van der Waals surface area (Å²) in [4.78, 5) is 0. The SMILES string of the molecule is Clc1ccccc1CSCCNCC1CCCO1. The Labute approximate surface area is 118 Å². The first-order chi connectivity index (χ1) is 8.86. The Hall–Kier alpha value is -0.220. The number of nitrogens with one attached hydrogen (secondary N) is 1. The lowest BCUT2D eigenvalue weighted by Crippen LogP contribution is -2.27. The van der Waals surface area contributed by atoms with Crippen LogP contribution in [0.25, 0.3) is 0 Å². The van der Waals surface area contributed by atoms with Gasteiger partial charge in [0.2, 0.25) is 0 Å². The molecule has 1 atom stereocenters. The van der Waals surface area contributed by atoms with Crippen LogP contribution in [0.4, 0.5) is 0 Å². The molecule has 0 amide bonds. The van der Waals surface area contributed by atoms with Crippen molar-refractivity contribution in [1.82, 2.24) is 5.32 Å². The van der Waals surface area contributed by atoms with Crippen molar-refractivity contribution in [2.45, 2.75) is 24.7 Å². The van der Waals surface area contributed by atoms with Crippen molar-refractivity contribution in [3.8, 4) is 0 Å². The highest BCUT2D eigenvalue weighted by atomic mass is 35.5. The lowest BCUT2D eigenvalue weighted by atomic mass is 10.2. The molecule has 2 nitrogen and oxygen atoms in total. The van der Waals surface area contributed by atoms with Crippen molar-refractivity contribution in [1.29, 1.82) is 0 Å². The van der Waals surface area contributed by atoms with Crippen molar-refractivity contribution >= 4 is 23.4 Å². The first kappa shape index (κ1) is 14.2. The molecule has 1 aromatic rings. The van der Waals surface area contributed by atoms with Crippen LogP contribution in [0.1, 0.15) is 18.4 Å². The van der Waals surface area contributed by atoms with E-state index in [0.717, 1.165) is 36.2 Å². The van der Waals surface area contributed by atoms with E-state index in [9.17, 15) is 0 Å². The van der Waals surface area contributed by atoms with E-state index in [4.69, 9.17) is 16.3 Å². The van der Waals surface area contributed by atoms with Crippen LogP contribution < -0.4 is 5.32 Å². The molecule has 1 fully saturated rings. The number of halogens is 1. The molecule has 2 rings (SSSR count). The third kappa shape index (κ3) is 4.81. The minimum Gasteiger partial charge on any atom is -0.377 e. The van der Waals surface area contributed by atoms with Crippen LogP contribution in [0.3, 0.4) is 0 Å². The molecule has 0 aliphatic carbocycles. The summed E-state index contributed by atoms with van der Waals surface area (Å²) in [5.74, 6) is 2.10. The van der Waals surface area contributed by atoms with Crippen LogP contribution in [0.5, 0.6) is 0 Å². The zero-order chi connectivity index (χ0) is 12.6. The summed E-state index contributed by atoms with van der Waals surface area (Å²) in [5, 5.41) is 4.32. The summed E-state index contributed by atoms with van der Waals surface area (Å²) in [6, 6.07) is 8.05. The van der Waals surface area contributed by atoms with Crippen LogP contribution in [0.2, 0.25) is 5.02 Å². The lowest BCUT2D eigenvalue weighted by Gasteiger charge is -2.10. The minimum atomic E-state index is 0.443. The highest BCUT2D eigenvalue weighted by molar-refractivity contribution is 7.98. The number of thioether (sulfide) groups is 1. The van der Waals surface area contributed by atoms with E-state index < -0.39 is 0 Å². The van der Waals surface area contributed by atoms with E-state index in [1.165, 1.54) is 18.4 Å². The fourth-order valence-electron chi connectivity index (χ4n) is 2.01. The second-order valence-electron chi connectivity index (χ2n) is 4.48. The van der Waals surface area contributed by atoms with Gasteiger partial charge in [-0.3, -0.25) is 0 Å². The van der Waals surface area contributed by atoms with Gasteiger partial charge in [0.15, 0.2) is 0 Å². The Kier molecular flexibility index (Phi) is 6.35. The standard InChI is InChI=1S/C14H20ClNOS/c15-14-6-2-1-4-12(14)11-18-9-7-16-10-13-5-3-8-17-13/h1-2,4,6,13,16H,3,5,7-11H2. The second kappa shape index (κ2) is 8.05. The van der Waals surface area contributed by atoms with Crippen LogP contribution >= 0.6 is 23.4 Å². The summed E-state index contributed by atoms with van der Waals surface area (Å²) < 4.78 is 5.56. The smallest absolute Gasteiger partial charge is 0.0700 e. The molecule has 1 N–H and O–H groups in total. The number of hydrogen-bond acceptors (Lipinski definition) is 3. The molecule has 1 aliphatic rings. The molecular weight excluding hydrogens is 266 g/mol. The van der Waals surface area contributed by atoms with Crippen LogP contribution in [0, 0.1) is 0 Å². The highest BCUT2D eigenvalue weighted by Crippen LogP contribution is 2.20. The zero-order valence-corrected chi connectivity index (χ0v) is 12.1. The quantitative estimate of drug-likeness (QED) is 0.777. The van der Waals surface area contributed by atoms with E-state index in [2.05, 4.69) is 11.4 Å². The fourth-order valence-corrected chi connectivity index (χ4v) is 3.20. The molecule has 1 aromatic carbocycles. The number of rotatable bonds is 7. The molecule has 0 bridgehead atoms. The largest absolute Gasteiger partial charge is 0.377 e. The number of benzene rings is 1.